The van der Waals surface area contributed by atoms with Gasteiger partial charge in [-0.2, -0.15) is 10.1 Å². The fraction of sp³-hybridized carbons (Fsp3) is 0.211. The standard InChI is InChI=1S/C19H21N5/c1-13-6-4-9-16(10-13)11-20-17-12-21-24-19(22-17)23-18-14(2)7-5-8-15(18)3/h4-10,12H,11H2,1-3H3,(H2,20,22,23,24). The van der Waals surface area contributed by atoms with Gasteiger partial charge in [-0.1, -0.05) is 48.0 Å². The van der Waals surface area contributed by atoms with Crippen LogP contribution in [0.3, 0.4) is 0 Å². The Morgan fingerprint density at radius 2 is 1.71 bits per heavy atom. The van der Waals surface area contributed by atoms with Crippen molar-refractivity contribution in [2.24, 2.45) is 0 Å². The lowest BCUT2D eigenvalue weighted by Crippen LogP contribution is -2.06. The highest BCUT2D eigenvalue weighted by atomic mass is 15.3. The maximum atomic E-state index is 4.49. The van der Waals surface area contributed by atoms with Crippen molar-refractivity contribution in [3.8, 4) is 0 Å². The van der Waals surface area contributed by atoms with Crippen LogP contribution in [-0.2, 0) is 6.54 Å². The van der Waals surface area contributed by atoms with Gasteiger partial charge in [-0.25, -0.2) is 0 Å². The molecule has 0 saturated heterocycles. The Morgan fingerprint density at radius 3 is 2.46 bits per heavy atom. The van der Waals surface area contributed by atoms with Gasteiger partial charge in [0.15, 0.2) is 5.82 Å². The number of benzene rings is 2. The minimum atomic E-state index is 0.488. The molecule has 0 aliphatic rings. The molecule has 5 heteroatoms. The van der Waals surface area contributed by atoms with Gasteiger partial charge >= 0.3 is 0 Å². The van der Waals surface area contributed by atoms with Gasteiger partial charge in [-0.05, 0) is 37.5 Å². The number of rotatable bonds is 5. The average Bonchev–Trinajstić information content (AvgIpc) is 2.57. The van der Waals surface area contributed by atoms with Crippen molar-refractivity contribution in [3.05, 3.63) is 70.9 Å². The molecule has 0 fully saturated rings. The van der Waals surface area contributed by atoms with Crippen molar-refractivity contribution in [1.82, 2.24) is 15.2 Å². The van der Waals surface area contributed by atoms with Crippen LogP contribution >= 0.6 is 0 Å². The van der Waals surface area contributed by atoms with Crippen molar-refractivity contribution in [2.75, 3.05) is 10.6 Å². The zero-order chi connectivity index (χ0) is 16.9. The molecule has 3 aromatic rings. The smallest absolute Gasteiger partial charge is 0.249 e. The summed E-state index contributed by atoms with van der Waals surface area (Å²) in [5.41, 5.74) is 5.77. The molecule has 0 radical (unpaired) electrons. The molecule has 122 valence electrons. The van der Waals surface area contributed by atoms with Gasteiger partial charge in [-0.3, -0.25) is 0 Å². The van der Waals surface area contributed by atoms with Gasteiger partial charge in [0.2, 0.25) is 5.95 Å². The SMILES string of the molecule is Cc1cccc(CNc2cnnc(Nc3c(C)cccc3C)n2)c1. The summed E-state index contributed by atoms with van der Waals surface area (Å²) in [6.07, 6.45) is 1.63. The monoisotopic (exact) mass is 319 g/mol. The van der Waals surface area contributed by atoms with E-state index in [9.17, 15) is 0 Å². The van der Waals surface area contributed by atoms with Crippen LogP contribution in [0.15, 0.2) is 48.7 Å². The topological polar surface area (TPSA) is 62.7 Å². The zero-order valence-corrected chi connectivity index (χ0v) is 14.2. The van der Waals surface area contributed by atoms with E-state index in [2.05, 4.69) is 83.0 Å². The Balaban J connectivity index is 1.72. The van der Waals surface area contributed by atoms with Gasteiger partial charge in [0.1, 0.15) is 0 Å². The van der Waals surface area contributed by atoms with E-state index in [0.717, 1.165) is 16.8 Å². The lowest BCUT2D eigenvalue weighted by Gasteiger charge is -2.12. The predicted molar refractivity (Wildman–Crippen MR) is 97.5 cm³/mol. The molecule has 0 atom stereocenters. The first kappa shape index (κ1) is 15.9. The Kier molecular flexibility index (Phi) is 4.70. The molecule has 3 rings (SSSR count). The van der Waals surface area contributed by atoms with Crippen LogP contribution in [-0.4, -0.2) is 15.2 Å². The molecule has 5 nitrogen and oxygen atoms in total. The average molecular weight is 319 g/mol. The van der Waals surface area contributed by atoms with Crippen LogP contribution in [0.4, 0.5) is 17.5 Å². The van der Waals surface area contributed by atoms with Crippen LogP contribution in [0.5, 0.6) is 0 Å². The first-order valence-electron chi connectivity index (χ1n) is 7.94. The quantitative estimate of drug-likeness (QED) is 0.739. The summed E-state index contributed by atoms with van der Waals surface area (Å²) in [5, 5.41) is 14.7. The number of hydrogen-bond acceptors (Lipinski definition) is 5. The summed E-state index contributed by atoms with van der Waals surface area (Å²) in [5.74, 6) is 1.18. The van der Waals surface area contributed by atoms with E-state index in [1.54, 1.807) is 6.20 Å². The second-order valence-electron chi connectivity index (χ2n) is 5.90. The molecule has 24 heavy (non-hydrogen) atoms. The Bertz CT molecular complexity index is 824. The fourth-order valence-corrected chi connectivity index (χ4v) is 2.58. The summed E-state index contributed by atoms with van der Waals surface area (Å²) >= 11 is 0. The minimum Gasteiger partial charge on any atom is -0.365 e. The number of hydrogen-bond donors (Lipinski definition) is 2. The molecule has 1 aromatic heterocycles. The first-order valence-corrected chi connectivity index (χ1v) is 7.94. The normalized spacial score (nSPS) is 10.5. The van der Waals surface area contributed by atoms with Crippen LogP contribution in [0.1, 0.15) is 22.3 Å². The molecule has 0 bridgehead atoms. The number of aryl methyl sites for hydroxylation is 3. The highest BCUT2D eigenvalue weighted by molar-refractivity contribution is 5.63. The van der Waals surface area contributed by atoms with Crippen LogP contribution < -0.4 is 10.6 Å². The van der Waals surface area contributed by atoms with E-state index in [4.69, 9.17) is 0 Å². The molecule has 2 aromatic carbocycles. The highest BCUT2D eigenvalue weighted by Gasteiger charge is 2.06. The van der Waals surface area contributed by atoms with Crippen LogP contribution in [0, 0.1) is 20.8 Å². The van der Waals surface area contributed by atoms with Crippen molar-refractivity contribution in [2.45, 2.75) is 27.3 Å². The van der Waals surface area contributed by atoms with E-state index in [1.165, 1.54) is 11.1 Å². The largest absolute Gasteiger partial charge is 0.365 e. The van der Waals surface area contributed by atoms with E-state index in [0.29, 0.717) is 18.3 Å². The third kappa shape index (κ3) is 3.87. The lowest BCUT2D eigenvalue weighted by molar-refractivity contribution is 0.964. The van der Waals surface area contributed by atoms with E-state index < -0.39 is 0 Å². The number of nitrogens with zero attached hydrogens (tertiary/aromatic N) is 3. The summed E-state index contributed by atoms with van der Waals surface area (Å²) < 4.78 is 0. The Morgan fingerprint density at radius 1 is 0.958 bits per heavy atom. The van der Waals surface area contributed by atoms with Gasteiger partial charge in [0.05, 0.1) is 6.20 Å². The summed E-state index contributed by atoms with van der Waals surface area (Å²) in [6, 6.07) is 14.5. The molecular formula is C19H21N5. The molecule has 0 amide bonds. The fourth-order valence-electron chi connectivity index (χ4n) is 2.58. The lowest BCUT2D eigenvalue weighted by atomic mass is 10.1. The van der Waals surface area contributed by atoms with Crippen LogP contribution in [0.2, 0.25) is 0 Å². The maximum Gasteiger partial charge on any atom is 0.249 e. The number of para-hydroxylation sites is 1. The molecule has 0 saturated carbocycles. The number of aromatic nitrogens is 3. The molecule has 0 aliphatic carbocycles. The van der Waals surface area contributed by atoms with E-state index >= 15 is 0 Å². The maximum absolute atomic E-state index is 4.49. The number of nitrogens with one attached hydrogen (secondary N) is 2. The summed E-state index contributed by atoms with van der Waals surface area (Å²) in [7, 11) is 0. The zero-order valence-electron chi connectivity index (χ0n) is 14.2. The molecular weight excluding hydrogens is 298 g/mol. The first-order chi connectivity index (χ1) is 11.6. The van der Waals surface area contributed by atoms with E-state index in [-0.39, 0.29) is 0 Å². The number of anilines is 3. The van der Waals surface area contributed by atoms with Gasteiger partial charge in [-0.15, -0.1) is 5.10 Å². The van der Waals surface area contributed by atoms with Gasteiger partial charge in [0.25, 0.3) is 0 Å². The molecule has 1 heterocycles. The predicted octanol–water partition coefficient (Wildman–Crippen LogP) is 4.15. The Hall–Kier alpha value is -2.95. The third-order valence-electron chi connectivity index (χ3n) is 3.83. The van der Waals surface area contributed by atoms with Crippen LogP contribution in [0.25, 0.3) is 0 Å². The second kappa shape index (κ2) is 7.08. The molecule has 0 unspecified atom stereocenters. The molecule has 0 spiro atoms. The highest BCUT2D eigenvalue weighted by Crippen LogP contribution is 2.22. The summed E-state index contributed by atoms with van der Waals surface area (Å²) in [6.45, 7) is 6.90. The minimum absolute atomic E-state index is 0.488. The van der Waals surface area contributed by atoms with Crippen molar-refractivity contribution < 1.29 is 0 Å². The summed E-state index contributed by atoms with van der Waals surface area (Å²) in [4.78, 5) is 4.49. The van der Waals surface area contributed by atoms with Gasteiger partial charge < -0.3 is 10.6 Å². The van der Waals surface area contributed by atoms with E-state index in [1.807, 2.05) is 6.07 Å². The van der Waals surface area contributed by atoms with Crippen molar-refractivity contribution in [1.29, 1.82) is 0 Å². The molecule has 0 aliphatic heterocycles. The molecule has 2 N–H and O–H groups in total. The van der Waals surface area contributed by atoms with Gasteiger partial charge in [0, 0.05) is 12.2 Å². The van der Waals surface area contributed by atoms with Crippen molar-refractivity contribution in [3.63, 3.8) is 0 Å². The Labute approximate surface area is 142 Å². The second-order valence-corrected chi connectivity index (χ2v) is 5.90. The van der Waals surface area contributed by atoms with Crippen molar-refractivity contribution >= 4 is 17.5 Å². The third-order valence-corrected chi connectivity index (χ3v) is 3.83.